The lowest BCUT2D eigenvalue weighted by Gasteiger charge is -2.26. The molecule has 2 aromatic heterocycles. The van der Waals surface area contributed by atoms with Crippen molar-refractivity contribution in [2.75, 3.05) is 32.0 Å². The Kier molecular flexibility index (Phi) is 2.79. The highest BCUT2D eigenvalue weighted by Crippen LogP contribution is 2.17. The fraction of sp³-hybridized carbons (Fsp3) is 0.455. The quantitative estimate of drug-likeness (QED) is 0.738. The summed E-state index contributed by atoms with van der Waals surface area (Å²) in [7, 11) is 1.75. The molecule has 19 heavy (non-hydrogen) atoms. The van der Waals surface area contributed by atoms with Crippen molar-refractivity contribution in [2.45, 2.75) is 0 Å². The molecule has 0 spiro atoms. The van der Waals surface area contributed by atoms with Crippen molar-refractivity contribution >= 4 is 22.8 Å². The summed E-state index contributed by atoms with van der Waals surface area (Å²) >= 11 is 0. The highest BCUT2D eigenvalue weighted by molar-refractivity contribution is 5.95. The second-order valence-electron chi connectivity index (χ2n) is 4.34. The van der Waals surface area contributed by atoms with Crippen LogP contribution >= 0.6 is 0 Å². The summed E-state index contributed by atoms with van der Waals surface area (Å²) in [6, 6.07) is 0. The maximum atomic E-state index is 12.3. The van der Waals surface area contributed by atoms with E-state index < -0.39 is 0 Å². The molecule has 1 saturated heterocycles. The molecule has 0 atom stereocenters. The van der Waals surface area contributed by atoms with Gasteiger partial charge in [-0.05, 0) is 0 Å². The molecule has 0 radical (unpaired) electrons. The molecule has 3 rings (SSSR count). The third-order valence-electron chi connectivity index (χ3n) is 3.11. The van der Waals surface area contributed by atoms with Crippen LogP contribution in [0.15, 0.2) is 6.20 Å². The molecule has 1 amide bonds. The van der Waals surface area contributed by atoms with Gasteiger partial charge in [-0.2, -0.15) is 5.10 Å². The van der Waals surface area contributed by atoms with E-state index >= 15 is 0 Å². The number of anilines is 1. The first-order valence-corrected chi connectivity index (χ1v) is 5.99. The first kappa shape index (κ1) is 11.8. The van der Waals surface area contributed by atoms with Crippen LogP contribution in [0.3, 0.4) is 0 Å². The van der Waals surface area contributed by atoms with E-state index in [1.807, 2.05) is 0 Å². The molecule has 0 saturated carbocycles. The van der Waals surface area contributed by atoms with E-state index in [-0.39, 0.29) is 17.5 Å². The predicted octanol–water partition coefficient (Wildman–Crippen LogP) is -0.582. The second kappa shape index (κ2) is 4.47. The molecule has 8 heteroatoms. The molecule has 8 nitrogen and oxygen atoms in total. The van der Waals surface area contributed by atoms with Gasteiger partial charge in [-0.25, -0.2) is 9.97 Å². The summed E-state index contributed by atoms with van der Waals surface area (Å²) in [6.07, 6.45) is 1.59. The Labute approximate surface area is 109 Å². The average Bonchev–Trinajstić information content (AvgIpc) is 2.81. The monoisotopic (exact) mass is 262 g/mol. The van der Waals surface area contributed by atoms with E-state index in [2.05, 4.69) is 15.1 Å². The van der Waals surface area contributed by atoms with Crippen LogP contribution in [0, 0.1) is 0 Å². The second-order valence-corrected chi connectivity index (χ2v) is 4.34. The third-order valence-corrected chi connectivity index (χ3v) is 3.11. The van der Waals surface area contributed by atoms with E-state index in [1.165, 1.54) is 0 Å². The number of amides is 1. The molecule has 1 aliphatic rings. The van der Waals surface area contributed by atoms with Crippen molar-refractivity contribution in [3.63, 3.8) is 0 Å². The smallest absolute Gasteiger partial charge is 0.291 e. The van der Waals surface area contributed by atoms with Crippen LogP contribution in [0.1, 0.15) is 10.6 Å². The van der Waals surface area contributed by atoms with Gasteiger partial charge in [0.15, 0.2) is 5.65 Å². The largest absolute Gasteiger partial charge is 0.383 e. The minimum absolute atomic E-state index is 0.107. The van der Waals surface area contributed by atoms with Crippen molar-refractivity contribution in [1.29, 1.82) is 0 Å². The lowest BCUT2D eigenvalue weighted by atomic mass is 10.3. The molecule has 0 aliphatic carbocycles. The number of ether oxygens (including phenoxy) is 1. The van der Waals surface area contributed by atoms with Crippen molar-refractivity contribution in [1.82, 2.24) is 24.6 Å². The first-order chi connectivity index (χ1) is 9.16. The minimum Gasteiger partial charge on any atom is -0.383 e. The first-order valence-electron chi connectivity index (χ1n) is 5.99. The van der Waals surface area contributed by atoms with E-state index in [0.29, 0.717) is 37.3 Å². The van der Waals surface area contributed by atoms with Gasteiger partial charge in [-0.1, -0.05) is 0 Å². The van der Waals surface area contributed by atoms with Crippen molar-refractivity contribution in [3.8, 4) is 0 Å². The maximum Gasteiger partial charge on any atom is 0.291 e. The molecular weight excluding hydrogens is 248 g/mol. The Morgan fingerprint density at radius 2 is 2.11 bits per heavy atom. The number of carbonyl (C=O) groups excluding carboxylic acids is 1. The zero-order chi connectivity index (χ0) is 13.4. The summed E-state index contributed by atoms with van der Waals surface area (Å²) in [6.45, 7) is 2.17. The van der Waals surface area contributed by atoms with Crippen LogP contribution in [0.2, 0.25) is 0 Å². The summed E-state index contributed by atoms with van der Waals surface area (Å²) in [5.74, 6) is 0.156. The Bertz CT molecular complexity index is 631. The number of aromatic nitrogens is 4. The molecule has 0 aromatic carbocycles. The normalized spacial score (nSPS) is 15.9. The summed E-state index contributed by atoms with van der Waals surface area (Å²) in [5, 5.41) is 4.71. The number of morpholine rings is 1. The summed E-state index contributed by atoms with van der Waals surface area (Å²) in [4.78, 5) is 22.3. The summed E-state index contributed by atoms with van der Waals surface area (Å²) in [5.41, 5.74) is 6.40. The van der Waals surface area contributed by atoms with Gasteiger partial charge in [0, 0.05) is 20.1 Å². The van der Waals surface area contributed by atoms with Crippen LogP contribution in [-0.2, 0) is 11.8 Å². The van der Waals surface area contributed by atoms with Crippen molar-refractivity contribution in [3.05, 3.63) is 12.0 Å². The topological polar surface area (TPSA) is 99.2 Å². The SMILES string of the molecule is Cn1ncc2c(N)nc(C(=O)N3CCOCC3)nc21. The lowest BCUT2D eigenvalue weighted by molar-refractivity contribution is 0.0295. The average molecular weight is 262 g/mol. The van der Waals surface area contributed by atoms with Gasteiger partial charge in [0.1, 0.15) is 5.82 Å². The van der Waals surface area contributed by atoms with Crippen molar-refractivity contribution < 1.29 is 9.53 Å². The van der Waals surface area contributed by atoms with Gasteiger partial charge in [0.25, 0.3) is 5.91 Å². The molecule has 2 aromatic rings. The minimum atomic E-state index is -0.224. The number of nitrogens with zero attached hydrogens (tertiary/aromatic N) is 5. The number of rotatable bonds is 1. The number of hydrogen-bond acceptors (Lipinski definition) is 6. The van der Waals surface area contributed by atoms with Gasteiger partial charge < -0.3 is 15.4 Å². The standard InChI is InChI=1S/C11H14N6O2/c1-16-10-7(6-13-16)8(12)14-9(15-10)11(18)17-2-4-19-5-3-17/h6H,2-5H2,1H3,(H2,12,14,15). The number of hydrogen-bond donors (Lipinski definition) is 1. The summed E-state index contributed by atoms with van der Waals surface area (Å²) < 4.78 is 6.79. The van der Waals surface area contributed by atoms with Crippen LogP contribution in [-0.4, -0.2) is 56.9 Å². The van der Waals surface area contributed by atoms with E-state index in [0.717, 1.165) is 0 Å². The van der Waals surface area contributed by atoms with Gasteiger partial charge >= 0.3 is 0 Å². The number of nitrogen functional groups attached to an aromatic ring is 1. The molecule has 2 N–H and O–H groups in total. The number of fused-ring (bicyclic) bond motifs is 1. The van der Waals surface area contributed by atoms with Gasteiger partial charge in [-0.3, -0.25) is 9.48 Å². The highest BCUT2D eigenvalue weighted by Gasteiger charge is 2.22. The highest BCUT2D eigenvalue weighted by atomic mass is 16.5. The maximum absolute atomic E-state index is 12.3. The number of aryl methyl sites for hydroxylation is 1. The molecule has 1 aliphatic heterocycles. The molecule has 0 bridgehead atoms. The lowest BCUT2D eigenvalue weighted by Crippen LogP contribution is -2.41. The fourth-order valence-corrected chi connectivity index (χ4v) is 2.05. The third kappa shape index (κ3) is 1.99. The van der Waals surface area contributed by atoms with Gasteiger partial charge in [-0.15, -0.1) is 0 Å². The van der Waals surface area contributed by atoms with Crippen LogP contribution in [0.5, 0.6) is 0 Å². The zero-order valence-electron chi connectivity index (χ0n) is 10.5. The number of nitrogens with two attached hydrogens (primary N) is 1. The molecule has 3 heterocycles. The van der Waals surface area contributed by atoms with Gasteiger partial charge in [0.05, 0.1) is 24.8 Å². The van der Waals surface area contributed by atoms with Crippen LogP contribution in [0.25, 0.3) is 11.0 Å². The Balaban J connectivity index is 1.99. The fourth-order valence-electron chi connectivity index (χ4n) is 2.05. The molecule has 0 unspecified atom stereocenters. The Hall–Kier alpha value is -2.22. The Morgan fingerprint density at radius 3 is 2.84 bits per heavy atom. The van der Waals surface area contributed by atoms with E-state index in [4.69, 9.17) is 10.5 Å². The van der Waals surface area contributed by atoms with Gasteiger partial charge in [0.2, 0.25) is 5.82 Å². The van der Waals surface area contributed by atoms with Crippen LogP contribution in [0.4, 0.5) is 5.82 Å². The van der Waals surface area contributed by atoms with E-state index in [9.17, 15) is 4.79 Å². The zero-order valence-corrected chi connectivity index (χ0v) is 10.5. The molecular formula is C11H14N6O2. The Morgan fingerprint density at radius 1 is 1.37 bits per heavy atom. The predicted molar refractivity (Wildman–Crippen MR) is 67.4 cm³/mol. The van der Waals surface area contributed by atoms with Crippen LogP contribution < -0.4 is 5.73 Å². The number of carbonyl (C=O) groups is 1. The molecule has 1 fully saturated rings. The molecule has 100 valence electrons. The van der Waals surface area contributed by atoms with Crippen molar-refractivity contribution in [2.24, 2.45) is 7.05 Å². The van der Waals surface area contributed by atoms with E-state index in [1.54, 1.807) is 22.8 Å².